The number of ether oxygens (including phenoxy) is 1. The second-order valence-electron chi connectivity index (χ2n) is 7.03. The molecule has 2 heterocycles. The molecule has 2 aromatic heterocycles. The van der Waals surface area contributed by atoms with Crippen LogP contribution >= 0.6 is 11.8 Å². The molecule has 0 amide bonds. The molecule has 160 valence electrons. The third-order valence-electron chi connectivity index (χ3n) is 4.85. The largest absolute Gasteiger partial charge is 0.486 e. The number of aliphatic hydroxyl groups excluding tert-OH is 1. The van der Waals surface area contributed by atoms with Crippen LogP contribution in [0, 0.1) is 23.2 Å². The summed E-state index contributed by atoms with van der Waals surface area (Å²) in [7, 11) is 0. The number of hydrogen-bond donors (Lipinski definition) is 1. The van der Waals surface area contributed by atoms with Crippen LogP contribution in [0.1, 0.15) is 36.2 Å². The zero-order chi connectivity index (χ0) is 22.2. The highest BCUT2D eigenvalue weighted by Crippen LogP contribution is 2.31. The lowest BCUT2D eigenvalue weighted by molar-refractivity contribution is 0.292. The van der Waals surface area contributed by atoms with Crippen LogP contribution in [-0.4, -0.2) is 36.7 Å². The molecule has 3 aromatic rings. The molecule has 1 aliphatic rings. The van der Waals surface area contributed by atoms with Gasteiger partial charge in [0.2, 0.25) is 0 Å². The van der Waals surface area contributed by atoms with Crippen LogP contribution in [0.15, 0.2) is 60.0 Å². The molecule has 0 fully saturated rings. The summed E-state index contributed by atoms with van der Waals surface area (Å²) in [5, 5.41) is 28.2. The van der Waals surface area contributed by atoms with E-state index in [4.69, 9.17) is 9.84 Å². The molecule has 1 aromatic carbocycles. The molecule has 0 bridgehead atoms. The Hall–Kier alpha value is -3.59. The van der Waals surface area contributed by atoms with Gasteiger partial charge in [0.25, 0.3) is 0 Å². The highest BCUT2D eigenvalue weighted by atomic mass is 32.2. The van der Waals surface area contributed by atoms with E-state index in [0.717, 1.165) is 23.7 Å². The van der Waals surface area contributed by atoms with Crippen molar-refractivity contribution in [3.8, 4) is 29.3 Å². The third-order valence-corrected chi connectivity index (χ3v) is 6.02. The van der Waals surface area contributed by atoms with Crippen LogP contribution in [0.4, 0.5) is 0 Å². The van der Waals surface area contributed by atoms with Crippen molar-refractivity contribution in [2.24, 2.45) is 0 Å². The van der Waals surface area contributed by atoms with Crippen molar-refractivity contribution in [2.45, 2.75) is 36.3 Å². The number of nitrogens with zero attached hydrogens (tertiary/aromatic N) is 5. The van der Waals surface area contributed by atoms with Gasteiger partial charge in [-0.3, -0.25) is 9.55 Å². The molecule has 4 rings (SSSR count). The van der Waals surface area contributed by atoms with E-state index in [0.29, 0.717) is 28.0 Å². The van der Waals surface area contributed by atoms with E-state index in [-0.39, 0.29) is 13.2 Å². The Morgan fingerprint density at radius 1 is 1.25 bits per heavy atom. The van der Waals surface area contributed by atoms with E-state index in [1.165, 1.54) is 6.42 Å². The molecule has 0 saturated carbocycles. The maximum absolute atomic E-state index is 9.40. The van der Waals surface area contributed by atoms with E-state index in [9.17, 15) is 5.26 Å². The number of rotatable bonds is 6. The van der Waals surface area contributed by atoms with Crippen molar-refractivity contribution in [1.82, 2.24) is 19.7 Å². The van der Waals surface area contributed by atoms with Gasteiger partial charge in [-0.25, -0.2) is 0 Å². The molecule has 0 saturated heterocycles. The second kappa shape index (κ2) is 10.6. The first-order valence-electron chi connectivity index (χ1n) is 10.2. The Labute approximate surface area is 190 Å². The van der Waals surface area contributed by atoms with Gasteiger partial charge in [0.15, 0.2) is 11.0 Å². The monoisotopic (exact) mass is 443 g/mol. The minimum absolute atomic E-state index is 0.176. The Kier molecular flexibility index (Phi) is 7.19. The minimum atomic E-state index is -0.260. The number of nitriles is 1. The Balaban J connectivity index is 1.58. The molecule has 1 atom stereocenters. The average Bonchev–Trinajstić information content (AvgIpc) is 3.25. The third kappa shape index (κ3) is 5.17. The van der Waals surface area contributed by atoms with Crippen LogP contribution < -0.4 is 4.74 Å². The molecular formula is C24H21N5O2S. The van der Waals surface area contributed by atoms with Crippen molar-refractivity contribution in [3.05, 3.63) is 71.8 Å². The molecule has 7 nitrogen and oxygen atoms in total. The number of allylic oxidation sites excluding steroid dienone is 1. The highest BCUT2D eigenvalue weighted by molar-refractivity contribution is 7.99. The summed E-state index contributed by atoms with van der Waals surface area (Å²) in [4.78, 5) is 4.24. The van der Waals surface area contributed by atoms with Gasteiger partial charge in [-0.1, -0.05) is 35.8 Å². The van der Waals surface area contributed by atoms with E-state index < -0.39 is 0 Å². The number of aromatic nitrogens is 4. The maximum atomic E-state index is 9.40. The summed E-state index contributed by atoms with van der Waals surface area (Å²) in [6, 6.07) is 11.0. The molecule has 1 N–H and O–H groups in total. The number of thioether (sulfide) groups is 1. The topological polar surface area (TPSA) is 96.9 Å². The first-order chi connectivity index (χ1) is 15.8. The fourth-order valence-corrected chi connectivity index (χ4v) is 4.48. The van der Waals surface area contributed by atoms with E-state index in [2.05, 4.69) is 45.2 Å². The van der Waals surface area contributed by atoms with Crippen molar-refractivity contribution in [3.63, 3.8) is 0 Å². The fraction of sp³-hybridized carbons (Fsp3) is 0.250. The summed E-state index contributed by atoms with van der Waals surface area (Å²) < 4.78 is 7.91. The van der Waals surface area contributed by atoms with Gasteiger partial charge in [0, 0.05) is 17.0 Å². The van der Waals surface area contributed by atoms with Crippen molar-refractivity contribution < 1.29 is 9.84 Å². The smallest absolute Gasteiger partial charge is 0.196 e. The standard InChI is InChI=1S/C24H21N5O2S/c25-15-19-14-21(11-10-18(19)6-5-13-30)31-17-23-27-28-24(32-22-8-2-1-3-9-22)29(23)20-7-4-12-26-16-20/h2,4,7-8,10-12,14,16,22,30H,1,3,9,13,17H2. The lowest BCUT2D eigenvalue weighted by atomic mass is 10.1. The number of pyridine rings is 1. The molecule has 32 heavy (non-hydrogen) atoms. The molecule has 0 aliphatic heterocycles. The highest BCUT2D eigenvalue weighted by Gasteiger charge is 2.19. The van der Waals surface area contributed by atoms with E-state index >= 15 is 0 Å². The van der Waals surface area contributed by atoms with Crippen molar-refractivity contribution in [2.75, 3.05) is 6.61 Å². The van der Waals surface area contributed by atoms with Gasteiger partial charge in [0.05, 0.1) is 17.4 Å². The van der Waals surface area contributed by atoms with Crippen LogP contribution in [0.2, 0.25) is 0 Å². The summed E-state index contributed by atoms with van der Waals surface area (Å²) >= 11 is 1.68. The SMILES string of the molecule is N#Cc1cc(OCc2nnc(SC3C=CCCC3)n2-c2cccnc2)ccc1C#CCO. The van der Waals surface area contributed by atoms with E-state index in [1.54, 1.807) is 42.4 Å². The summed E-state index contributed by atoms with van der Waals surface area (Å²) in [6.45, 7) is -0.0837. The zero-order valence-corrected chi connectivity index (χ0v) is 18.1. The molecule has 1 aliphatic carbocycles. The quantitative estimate of drug-likeness (QED) is 0.459. The van der Waals surface area contributed by atoms with Crippen LogP contribution in [0.25, 0.3) is 5.69 Å². The van der Waals surface area contributed by atoms with Crippen LogP contribution in [0.5, 0.6) is 5.75 Å². The Morgan fingerprint density at radius 2 is 2.19 bits per heavy atom. The van der Waals surface area contributed by atoms with Gasteiger partial charge < -0.3 is 9.84 Å². The average molecular weight is 444 g/mol. The van der Waals surface area contributed by atoms with Gasteiger partial charge in [-0.2, -0.15) is 5.26 Å². The first-order valence-corrected chi connectivity index (χ1v) is 11.1. The number of aliphatic hydroxyl groups is 1. The molecule has 1 unspecified atom stereocenters. The van der Waals surface area contributed by atoms with Gasteiger partial charge >= 0.3 is 0 Å². The predicted octanol–water partition coefficient (Wildman–Crippen LogP) is 3.66. The maximum Gasteiger partial charge on any atom is 0.196 e. The molecule has 0 spiro atoms. The Morgan fingerprint density at radius 3 is 2.94 bits per heavy atom. The lowest BCUT2D eigenvalue weighted by Crippen LogP contribution is -2.09. The predicted molar refractivity (Wildman–Crippen MR) is 121 cm³/mol. The Bertz CT molecular complexity index is 1200. The first kappa shape index (κ1) is 21.6. The number of benzene rings is 1. The summed E-state index contributed by atoms with van der Waals surface area (Å²) in [5.41, 5.74) is 1.80. The molecule has 0 radical (unpaired) electrons. The lowest BCUT2D eigenvalue weighted by Gasteiger charge is -2.16. The van der Waals surface area contributed by atoms with Crippen molar-refractivity contribution in [1.29, 1.82) is 5.26 Å². The summed E-state index contributed by atoms with van der Waals surface area (Å²) in [6.07, 6.45) is 11.4. The van der Waals surface area contributed by atoms with Crippen LogP contribution in [-0.2, 0) is 6.61 Å². The molecular weight excluding hydrogens is 422 g/mol. The minimum Gasteiger partial charge on any atom is -0.486 e. The number of hydrogen-bond acceptors (Lipinski definition) is 7. The van der Waals surface area contributed by atoms with Gasteiger partial charge in [-0.15, -0.1) is 10.2 Å². The van der Waals surface area contributed by atoms with Crippen molar-refractivity contribution >= 4 is 11.8 Å². The second-order valence-corrected chi connectivity index (χ2v) is 8.23. The summed E-state index contributed by atoms with van der Waals surface area (Å²) in [5.74, 6) is 6.50. The van der Waals surface area contributed by atoms with Gasteiger partial charge in [-0.05, 0) is 49.6 Å². The van der Waals surface area contributed by atoms with Crippen LogP contribution in [0.3, 0.4) is 0 Å². The normalized spacial score (nSPS) is 14.9. The zero-order valence-electron chi connectivity index (χ0n) is 17.3. The molecule has 8 heteroatoms. The fourth-order valence-electron chi connectivity index (χ4n) is 3.33. The van der Waals surface area contributed by atoms with Gasteiger partial charge in [0.1, 0.15) is 25.0 Å². The van der Waals surface area contributed by atoms with E-state index in [1.807, 2.05) is 16.7 Å².